The molecule has 1 heterocycles. The van der Waals surface area contributed by atoms with Crippen LogP contribution >= 0.6 is 0 Å². The summed E-state index contributed by atoms with van der Waals surface area (Å²) in [6.07, 6.45) is 2.03. The molecule has 0 spiro atoms. The lowest BCUT2D eigenvalue weighted by Gasteiger charge is -2.30. The van der Waals surface area contributed by atoms with Gasteiger partial charge < -0.3 is 10.6 Å². The summed E-state index contributed by atoms with van der Waals surface area (Å²) in [5, 5.41) is 0. The molecule has 0 saturated carbocycles. The van der Waals surface area contributed by atoms with Gasteiger partial charge in [0.05, 0.1) is 5.56 Å². The number of aryl methyl sites for hydroxylation is 3. The van der Waals surface area contributed by atoms with E-state index >= 15 is 0 Å². The van der Waals surface area contributed by atoms with Crippen LogP contribution < -0.4 is 10.6 Å². The quantitative estimate of drug-likeness (QED) is 0.813. The molecule has 1 aliphatic rings. The van der Waals surface area contributed by atoms with E-state index in [0.29, 0.717) is 11.3 Å². The molecule has 0 fully saturated rings. The van der Waals surface area contributed by atoms with E-state index in [1.807, 2.05) is 36.1 Å². The molecule has 0 atom stereocenters. The number of nitrogens with zero attached hydrogens (tertiary/aromatic N) is 1. The average molecular weight is 280 g/mol. The first-order valence-electron chi connectivity index (χ1n) is 7.34. The van der Waals surface area contributed by atoms with Crippen LogP contribution in [0.5, 0.6) is 0 Å². The number of fused-ring (bicyclic) bond motifs is 1. The minimum atomic E-state index is -0.00250. The molecular formula is C18H20N2O. The van der Waals surface area contributed by atoms with E-state index in [4.69, 9.17) is 5.73 Å². The normalized spacial score (nSPS) is 13.9. The van der Waals surface area contributed by atoms with Crippen LogP contribution in [0, 0.1) is 13.8 Å². The van der Waals surface area contributed by atoms with Crippen molar-refractivity contribution in [3.8, 4) is 0 Å². The fraction of sp³-hybridized carbons (Fsp3) is 0.278. The van der Waals surface area contributed by atoms with Gasteiger partial charge >= 0.3 is 0 Å². The van der Waals surface area contributed by atoms with E-state index in [2.05, 4.69) is 19.1 Å². The van der Waals surface area contributed by atoms with Crippen molar-refractivity contribution in [1.82, 2.24) is 0 Å². The number of nitrogen functional groups attached to an aromatic ring is 1. The zero-order chi connectivity index (χ0) is 15.0. The van der Waals surface area contributed by atoms with E-state index in [-0.39, 0.29) is 5.91 Å². The van der Waals surface area contributed by atoms with E-state index in [9.17, 15) is 4.79 Å². The standard InChI is InChI=1S/C18H20N2O/c1-12-6-8-17-14(10-12)4-3-9-20(17)18(21)15-7-5-13(2)11-16(15)19/h5-8,10-11H,3-4,9,19H2,1-2H3. The Morgan fingerprint density at radius 2 is 1.81 bits per heavy atom. The Morgan fingerprint density at radius 3 is 2.57 bits per heavy atom. The molecule has 2 N–H and O–H groups in total. The monoisotopic (exact) mass is 280 g/mol. The van der Waals surface area contributed by atoms with E-state index in [0.717, 1.165) is 30.6 Å². The lowest BCUT2D eigenvalue weighted by molar-refractivity contribution is 0.0986. The zero-order valence-electron chi connectivity index (χ0n) is 12.5. The van der Waals surface area contributed by atoms with Crippen LogP contribution in [0.15, 0.2) is 36.4 Å². The lowest BCUT2D eigenvalue weighted by atomic mass is 9.98. The summed E-state index contributed by atoms with van der Waals surface area (Å²) in [5.74, 6) is -0.00250. The Bertz CT molecular complexity index is 706. The number of nitrogens with two attached hydrogens (primary N) is 1. The molecule has 3 heteroatoms. The molecule has 0 saturated heterocycles. The maximum atomic E-state index is 12.8. The highest BCUT2D eigenvalue weighted by Gasteiger charge is 2.24. The van der Waals surface area contributed by atoms with Crippen molar-refractivity contribution in [2.45, 2.75) is 26.7 Å². The SMILES string of the molecule is Cc1ccc(C(=O)N2CCCc3cc(C)ccc32)c(N)c1. The van der Waals surface area contributed by atoms with Gasteiger partial charge in [-0.25, -0.2) is 0 Å². The molecule has 1 amide bonds. The highest BCUT2D eigenvalue weighted by molar-refractivity contribution is 6.09. The molecule has 0 radical (unpaired) electrons. The first-order chi connectivity index (χ1) is 10.1. The van der Waals surface area contributed by atoms with Gasteiger partial charge in [-0.15, -0.1) is 0 Å². The second kappa shape index (κ2) is 5.24. The molecule has 3 rings (SSSR count). The van der Waals surface area contributed by atoms with Crippen molar-refractivity contribution >= 4 is 17.3 Å². The second-order valence-electron chi connectivity index (χ2n) is 5.78. The maximum Gasteiger partial charge on any atom is 0.260 e. The Labute approximate surface area is 125 Å². The molecule has 2 aromatic carbocycles. The molecule has 3 nitrogen and oxygen atoms in total. The van der Waals surface area contributed by atoms with E-state index in [1.165, 1.54) is 11.1 Å². The van der Waals surface area contributed by atoms with Gasteiger partial charge in [0.2, 0.25) is 0 Å². The molecular weight excluding hydrogens is 260 g/mol. The largest absolute Gasteiger partial charge is 0.398 e. The maximum absolute atomic E-state index is 12.8. The summed E-state index contributed by atoms with van der Waals surface area (Å²) in [6, 6.07) is 11.9. The van der Waals surface area contributed by atoms with Crippen LogP contribution in [-0.4, -0.2) is 12.5 Å². The number of carbonyl (C=O) groups is 1. The van der Waals surface area contributed by atoms with Crippen molar-refractivity contribution in [2.24, 2.45) is 0 Å². The predicted octanol–water partition coefficient (Wildman–Crippen LogP) is 3.48. The summed E-state index contributed by atoms with van der Waals surface area (Å²) in [7, 11) is 0. The van der Waals surface area contributed by atoms with E-state index in [1.54, 1.807) is 0 Å². The van der Waals surface area contributed by atoms with Crippen LogP contribution in [0.25, 0.3) is 0 Å². The van der Waals surface area contributed by atoms with Gasteiger partial charge in [-0.05, 0) is 56.0 Å². The van der Waals surface area contributed by atoms with Gasteiger partial charge in [0.15, 0.2) is 0 Å². The summed E-state index contributed by atoms with van der Waals surface area (Å²) in [4.78, 5) is 14.7. The van der Waals surface area contributed by atoms with E-state index < -0.39 is 0 Å². The Hall–Kier alpha value is -2.29. The summed E-state index contributed by atoms with van der Waals surface area (Å²) >= 11 is 0. The van der Waals surface area contributed by atoms with Crippen LogP contribution in [0.4, 0.5) is 11.4 Å². The van der Waals surface area contributed by atoms with Gasteiger partial charge in [-0.2, -0.15) is 0 Å². The predicted molar refractivity (Wildman–Crippen MR) is 86.8 cm³/mol. The van der Waals surface area contributed by atoms with Crippen LogP contribution in [-0.2, 0) is 6.42 Å². The molecule has 0 aromatic heterocycles. The first kappa shape index (κ1) is 13.7. The molecule has 2 aromatic rings. The van der Waals surface area contributed by atoms with Gasteiger partial charge in [0.25, 0.3) is 5.91 Å². The molecule has 108 valence electrons. The fourth-order valence-corrected chi connectivity index (χ4v) is 2.96. The highest BCUT2D eigenvalue weighted by Crippen LogP contribution is 2.30. The fourth-order valence-electron chi connectivity index (χ4n) is 2.96. The summed E-state index contributed by atoms with van der Waals surface area (Å²) in [5.41, 5.74) is 11.7. The number of anilines is 2. The Balaban J connectivity index is 2.00. The smallest absolute Gasteiger partial charge is 0.260 e. The number of hydrogen-bond acceptors (Lipinski definition) is 2. The van der Waals surface area contributed by atoms with Crippen molar-refractivity contribution in [2.75, 3.05) is 17.2 Å². The molecule has 0 aliphatic carbocycles. The molecule has 21 heavy (non-hydrogen) atoms. The summed E-state index contributed by atoms with van der Waals surface area (Å²) in [6.45, 7) is 4.81. The number of benzene rings is 2. The van der Waals surface area contributed by atoms with Crippen molar-refractivity contribution in [3.05, 3.63) is 58.7 Å². The first-order valence-corrected chi connectivity index (χ1v) is 7.34. The summed E-state index contributed by atoms with van der Waals surface area (Å²) < 4.78 is 0. The second-order valence-corrected chi connectivity index (χ2v) is 5.78. The lowest BCUT2D eigenvalue weighted by Crippen LogP contribution is -2.35. The van der Waals surface area contributed by atoms with Crippen molar-refractivity contribution < 1.29 is 4.79 Å². The minimum absolute atomic E-state index is 0.00250. The number of amides is 1. The minimum Gasteiger partial charge on any atom is -0.398 e. The van der Waals surface area contributed by atoms with Gasteiger partial charge in [-0.3, -0.25) is 4.79 Å². The third-order valence-electron chi connectivity index (χ3n) is 4.04. The Morgan fingerprint density at radius 1 is 1.10 bits per heavy atom. The third-order valence-corrected chi connectivity index (χ3v) is 4.04. The van der Waals surface area contributed by atoms with Gasteiger partial charge in [0.1, 0.15) is 0 Å². The molecule has 0 bridgehead atoms. The Kier molecular flexibility index (Phi) is 3.42. The molecule has 1 aliphatic heterocycles. The van der Waals surface area contributed by atoms with Crippen molar-refractivity contribution in [1.29, 1.82) is 0 Å². The topological polar surface area (TPSA) is 46.3 Å². The van der Waals surface area contributed by atoms with Gasteiger partial charge in [-0.1, -0.05) is 23.8 Å². The zero-order valence-corrected chi connectivity index (χ0v) is 12.5. The van der Waals surface area contributed by atoms with Crippen molar-refractivity contribution in [3.63, 3.8) is 0 Å². The van der Waals surface area contributed by atoms with Crippen LogP contribution in [0.2, 0.25) is 0 Å². The third kappa shape index (κ3) is 2.51. The van der Waals surface area contributed by atoms with Crippen LogP contribution in [0.1, 0.15) is 33.5 Å². The number of rotatable bonds is 1. The number of carbonyl (C=O) groups excluding carboxylic acids is 1. The molecule has 0 unspecified atom stereocenters. The average Bonchev–Trinajstić information content (AvgIpc) is 2.45. The highest BCUT2D eigenvalue weighted by atomic mass is 16.2. The number of hydrogen-bond donors (Lipinski definition) is 1. The van der Waals surface area contributed by atoms with Crippen LogP contribution in [0.3, 0.4) is 0 Å². The van der Waals surface area contributed by atoms with Gasteiger partial charge in [0, 0.05) is 17.9 Å².